The van der Waals surface area contributed by atoms with Gasteiger partial charge in [-0.05, 0) is 18.6 Å². The zero-order valence-electron chi connectivity index (χ0n) is 9.13. The SMILES string of the molecule is CC(Oc1cccc(N)n1)c1ccccc1. The van der Waals surface area contributed by atoms with E-state index >= 15 is 0 Å². The van der Waals surface area contributed by atoms with E-state index < -0.39 is 0 Å². The van der Waals surface area contributed by atoms with E-state index in [4.69, 9.17) is 10.5 Å². The average Bonchev–Trinajstić information content (AvgIpc) is 2.30. The first kappa shape index (κ1) is 10.5. The minimum atomic E-state index is -0.0319. The highest BCUT2D eigenvalue weighted by molar-refractivity contribution is 5.31. The highest BCUT2D eigenvalue weighted by Crippen LogP contribution is 2.19. The summed E-state index contributed by atoms with van der Waals surface area (Å²) in [4.78, 5) is 4.09. The maximum atomic E-state index is 5.69. The molecule has 16 heavy (non-hydrogen) atoms. The Morgan fingerprint density at radius 3 is 2.50 bits per heavy atom. The zero-order chi connectivity index (χ0) is 11.4. The number of hydrogen-bond acceptors (Lipinski definition) is 3. The molecule has 0 aliphatic rings. The highest BCUT2D eigenvalue weighted by Gasteiger charge is 2.06. The Bertz CT molecular complexity index is 456. The lowest BCUT2D eigenvalue weighted by Gasteiger charge is -2.14. The summed E-state index contributed by atoms with van der Waals surface area (Å²) in [5.41, 5.74) is 6.70. The number of anilines is 1. The average molecular weight is 214 g/mol. The minimum Gasteiger partial charge on any atom is -0.470 e. The van der Waals surface area contributed by atoms with Crippen LogP contribution in [-0.2, 0) is 0 Å². The molecule has 0 bridgehead atoms. The van der Waals surface area contributed by atoms with Crippen molar-refractivity contribution in [2.45, 2.75) is 13.0 Å². The lowest BCUT2D eigenvalue weighted by atomic mass is 10.1. The summed E-state index contributed by atoms with van der Waals surface area (Å²) in [5, 5.41) is 0. The fraction of sp³-hybridized carbons (Fsp3) is 0.154. The number of nitrogen functional groups attached to an aromatic ring is 1. The fourth-order valence-electron chi connectivity index (χ4n) is 1.47. The molecule has 0 aliphatic carbocycles. The minimum absolute atomic E-state index is 0.0319. The largest absolute Gasteiger partial charge is 0.470 e. The van der Waals surface area contributed by atoms with E-state index in [9.17, 15) is 0 Å². The summed E-state index contributed by atoms with van der Waals surface area (Å²) in [6, 6.07) is 15.4. The topological polar surface area (TPSA) is 48.1 Å². The molecule has 1 unspecified atom stereocenters. The molecule has 0 fully saturated rings. The van der Waals surface area contributed by atoms with Gasteiger partial charge in [-0.15, -0.1) is 0 Å². The van der Waals surface area contributed by atoms with Gasteiger partial charge in [-0.3, -0.25) is 0 Å². The van der Waals surface area contributed by atoms with Gasteiger partial charge < -0.3 is 10.5 Å². The van der Waals surface area contributed by atoms with Crippen LogP contribution in [0.1, 0.15) is 18.6 Å². The fourth-order valence-corrected chi connectivity index (χ4v) is 1.47. The maximum absolute atomic E-state index is 5.69. The second-order valence-electron chi connectivity index (χ2n) is 3.57. The zero-order valence-corrected chi connectivity index (χ0v) is 9.13. The van der Waals surface area contributed by atoms with Crippen LogP contribution >= 0.6 is 0 Å². The maximum Gasteiger partial charge on any atom is 0.215 e. The third-order valence-electron chi connectivity index (χ3n) is 2.31. The van der Waals surface area contributed by atoms with Gasteiger partial charge in [-0.2, -0.15) is 4.98 Å². The molecule has 3 nitrogen and oxygen atoms in total. The van der Waals surface area contributed by atoms with E-state index in [1.807, 2.05) is 43.3 Å². The number of hydrogen-bond donors (Lipinski definition) is 1. The van der Waals surface area contributed by atoms with E-state index in [0.717, 1.165) is 5.56 Å². The molecule has 2 rings (SSSR count). The molecule has 82 valence electrons. The first-order valence-corrected chi connectivity index (χ1v) is 5.20. The lowest BCUT2D eigenvalue weighted by Crippen LogP contribution is -2.04. The quantitative estimate of drug-likeness (QED) is 0.854. The van der Waals surface area contributed by atoms with Gasteiger partial charge >= 0.3 is 0 Å². The number of ether oxygens (including phenoxy) is 1. The van der Waals surface area contributed by atoms with Crippen LogP contribution in [0.15, 0.2) is 48.5 Å². The molecule has 1 aromatic heterocycles. The predicted molar refractivity (Wildman–Crippen MR) is 64.1 cm³/mol. The molecule has 1 aromatic carbocycles. The van der Waals surface area contributed by atoms with Crippen molar-refractivity contribution in [1.29, 1.82) is 0 Å². The normalized spacial score (nSPS) is 12.1. The number of nitrogens with zero attached hydrogens (tertiary/aromatic N) is 1. The van der Waals surface area contributed by atoms with E-state index in [2.05, 4.69) is 4.98 Å². The summed E-state index contributed by atoms with van der Waals surface area (Å²) < 4.78 is 5.69. The van der Waals surface area contributed by atoms with Crippen molar-refractivity contribution in [1.82, 2.24) is 4.98 Å². The van der Waals surface area contributed by atoms with Crippen LogP contribution in [0.25, 0.3) is 0 Å². The van der Waals surface area contributed by atoms with E-state index in [-0.39, 0.29) is 6.10 Å². The molecule has 0 amide bonds. The van der Waals surface area contributed by atoms with Crippen molar-refractivity contribution in [2.24, 2.45) is 0 Å². The number of pyridine rings is 1. The summed E-state index contributed by atoms with van der Waals surface area (Å²) >= 11 is 0. The van der Waals surface area contributed by atoms with Crippen LogP contribution in [0.5, 0.6) is 5.88 Å². The monoisotopic (exact) mass is 214 g/mol. The van der Waals surface area contributed by atoms with Crippen LogP contribution in [0.3, 0.4) is 0 Å². The second-order valence-corrected chi connectivity index (χ2v) is 3.57. The van der Waals surface area contributed by atoms with Gasteiger partial charge in [-0.25, -0.2) is 0 Å². The Kier molecular flexibility index (Phi) is 3.05. The Morgan fingerprint density at radius 2 is 1.81 bits per heavy atom. The van der Waals surface area contributed by atoms with Crippen LogP contribution < -0.4 is 10.5 Å². The van der Waals surface area contributed by atoms with Crippen LogP contribution in [0.2, 0.25) is 0 Å². The third-order valence-corrected chi connectivity index (χ3v) is 2.31. The van der Waals surface area contributed by atoms with Gasteiger partial charge in [0.1, 0.15) is 11.9 Å². The van der Waals surface area contributed by atoms with Crippen LogP contribution in [-0.4, -0.2) is 4.98 Å². The molecule has 0 aliphatic heterocycles. The van der Waals surface area contributed by atoms with Gasteiger partial charge in [0.05, 0.1) is 0 Å². The summed E-state index contributed by atoms with van der Waals surface area (Å²) in [5.74, 6) is 1.02. The molecule has 2 aromatic rings. The van der Waals surface area contributed by atoms with Gasteiger partial charge in [-0.1, -0.05) is 36.4 Å². The van der Waals surface area contributed by atoms with Gasteiger partial charge in [0.2, 0.25) is 5.88 Å². The molecule has 0 saturated heterocycles. The van der Waals surface area contributed by atoms with E-state index in [1.54, 1.807) is 12.1 Å². The number of rotatable bonds is 3. The number of aromatic nitrogens is 1. The van der Waals surface area contributed by atoms with Crippen molar-refractivity contribution in [3.05, 3.63) is 54.1 Å². The summed E-state index contributed by atoms with van der Waals surface area (Å²) in [6.07, 6.45) is -0.0319. The smallest absolute Gasteiger partial charge is 0.215 e. The van der Waals surface area contributed by atoms with Gasteiger partial charge in [0.15, 0.2) is 0 Å². The van der Waals surface area contributed by atoms with Crippen molar-refractivity contribution in [2.75, 3.05) is 5.73 Å². The van der Waals surface area contributed by atoms with Crippen molar-refractivity contribution < 1.29 is 4.74 Å². The van der Waals surface area contributed by atoms with Gasteiger partial charge in [0.25, 0.3) is 0 Å². The van der Waals surface area contributed by atoms with Crippen molar-refractivity contribution in [3.63, 3.8) is 0 Å². The van der Waals surface area contributed by atoms with Crippen molar-refractivity contribution >= 4 is 5.82 Å². The molecule has 0 saturated carbocycles. The summed E-state index contributed by atoms with van der Waals surface area (Å²) in [7, 11) is 0. The van der Waals surface area contributed by atoms with Crippen LogP contribution in [0, 0.1) is 0 Å². The predicted octanol–water partition coefficient (Wildman–Crippen LogP) is 2.80. The summed E-state index contributed by atoms with van der Waals surface area (Å²) in [6.45, 7) is 1.99. The third kappa shape index (κ3) is 2.51. The first-order valence-electron chi connectivity index (χ1n) is 5.20. The Balaban J connectivity index is 2.11. The molecule has 0 radical (unpaired) electrons. The Labute approximate surface area is 94.9 Å². The number of benzene rings is 1. The van der Waals surface area contributed by atoms with E-state index in [0.29, 0.717) is 11.7 Å². The molecule has 0 spiro atoms. The Morgan fingerprint density at radius 1 is 1.06 bits per heavy atom. The molecule has 1 heterocycles. The highest BCUT2D eigenvalue weighted by atomic mass is 16.5. The second kappa shape index (κ2) is 4.66. The van der Waals surface area contributed by atoms with Crippen LogP contribution in [0.4, 0.5) is 5.82 Å². The molecule has 2 N–H and O–H groups in total. The van der Waals surface area contributed by atoms with Gasteiger partial charge in [0, 0.05) is 6.07 Å². The first-order chi connectivity index (χ1) is 7.75. The molecular weight excluding hydrogens is 200 g/mol. The molecular formula is C13H14N2O. The lowest BCUT2D eigenvalue weighted by molar-refractivity contribution is 0.218. The Hall–Kier alpha value is -2.03. The van der Waals surface area contributed by atoms with E-state index in [1.165, 1.54) is 0 Å². The molecule has 1 atom stereocenters. The van der Waals surface area contributed by atoms with Crippen molar-refractivity contribution in [3.8, 4) is 5.88 Å². The molecule has 3 heteroatoms. The standard InChI is InChI=1S/C13H14N2O/c1-10(11-6-3-2-4-7-11)16-13-9-5-8-12(14)15-13/h2-10H,1H3,(H2,14,15). The number of nitrogens with two attached hydrogens (primary N) is 1.